The van der Waals surface area contributed by atoms with Gasteiger partial charge in [-0.05, 0) is 37.5 Å². The molecule has 0 aromatic rings. The van der Waals surface area contributed by atoms with Crippen LogP contribution in [0.5, 0.6) is 0 Å². The Kier molecular flexibility index (Phi) is 4.58. The van der Waals surface area contributed by atoms with Crippen molar-refractivity contribution in [2.45, 2.75) is 58.7 Å². The molecule has 1 aliphatic carbocycles. The summed E-state index contributed by atoms with van der Waals surface area (Å²) in [7, 11) is 0. The maximum Gasteiger partial charge on any atom is 0.332 e. The zero-order valence-electron chi connectivity index (χ0n) is 9.90. The van der Waals surface area contributed by atoms with E-state index in [0.717, 1.165) is 25.2 Å². The zero-order valence-corrected chi connectivity index (χ0v) is 9.90. The average Bonchev–Trinajstić information content (AvgIpc) is 2.19. The van der Waals surface area contributed by atoms with Gasteiger partial charge in [-0.15, -0.1) is 0 Å². The van der Waals surface area contributed by atoms with Gasteiger partial charge in [-0.1, -0.05) is 20.8 Å². The molecule has 0 amide bonds. The summed E-state index contributed by atoms with van der Waals surface area (Å²) >= 11 is 0. The smallest absolute Gasteiger partial charge is 0.332 e. The average molecular weight is 214 g/mol. The van der Waals surface area contributed by atoms with Crippen molar-refractivity contribution in [3.8, 4) is 0 Å². The van der Waals surface area contributed by atoms with Crippen LogP contribution in [-0.4, -0.2) is 23.3 Å². The van der Waals surface area contributed by atoms with Gasteiger partial charge >= 0.3 is 5.97 Å². The number of rotatable bonds is 4. The minimum atomic E-state index is -0.830. The SMILES string of the molecule is CCC(OC1CCC(C)C(C)C1)C(=O)O. The Hall–Kier alpha value is -0.570. The second-order valence-corrected chi connectivity index (χ2v) is 4.76. The van der Waals surface area contributed by atoms with Gasteiger partial charge in [-0.3, -0.25) is 0 Å². The molecule has 88 valence electrons. The van der Waals surface area contributed by atoms with E-state index in [1.807, 2.05) is 6.92 Å². The molecule has 0 radical (unpaired) electrons. The van der Waals surface area contributed by atoms with Crippen molar-refractivity contribution in [3.05, 3.63) is 0 Å². The highest BCUT2D eigenvalue weighted by Crippen LogP contribution is 2.31. The maximum absolute atomic E-state index is 10.8. The fraction of sp³-hybridized carbons (Fsp3) is 0.917. The van der Waals surface area contributed by atoms with Crippen LogP contribution in [0.4, 0.5) is 0 Å². The number of carboxylic acid groups (broad SMARTS) is 1. The molecule has 15 heavy (non-hydrogen) atoms. The fourth-order valence-electron chi connectivity index (χ4n) is 2.18. The second-order valence-electron chi connectivity index (χ2n) is 4.76. The number of ether oxygens (including phenoxy) is 1. The zero-order chi connectivity index (χ0) is 11.4. The van der Waals surface area contributed by atoms with Crippen LogP contribution < -0.4 is 0 Å². The first kappa shape index (κ1) is 12.5. The lowest BCUT2D eigenvalue weighted by atomic mass is 9.80. The molecular formula is C12H22O3. The van der Waals surface area contributed by atoms with E-state index in [1.54, 1.807) is 0 Å². The molecule has 0 aliphatic heterocycles. The number of hydrogen-bond donors (Lipinski definition) is 1. The van der Waals surface area contributed by atoms with Crippen molar-refractivity contribution >= 4 is 5.97 Å². The fourth-order valence-corrected chi connectivity index (χ4v) is 2.18. The third-order valence-electron chi connectivity index (χ3n) is 3.55. The lowest BCUT2D eigenvalue weighted by Gasteiger charge is -2.33. The molecule has 4 unspecified atom stereocenters. The van der Waals surface area contributed by atoms with Gasteiger partial charge in [0.25, 0.3) is 0 Å². The van der Waals surface area contributed by atoms with Gasteiger partial charge in [0, 0.05) is 0 Å². The Morgan fingerprint density at radius 3 is 2.53 bits per heavy atom. The molecule has 1 rings (SSSR count). The molecule has 4 atom stereocenters. The van der Waals surface area contributed by atoms with Crippen molar-refractivity contribution in [1.82, 2.24) is 0 Å². The van der Waals surface area contributed by atoms with Crippen LogP contribution >= 0.6 is 0 Å². The van der Waals surface area contributed by atoms with E-state index in [1.165, 1.54) is 0 Å². The Bertz CT molecular complexity index is 215. The van der Waals surface area contributed by atoms with Crippen molar-refractivity contribution in [3.63, 3.8) is 0 Å². The van der Waals surface area contributed by atoms with E-state index >= 15 is 0 Å². The molecule has 1 N–H and O–H groups in total. The largest absolute Gasteiger partial charge is 0.479 e. The Morgan fingerprint density at radius 2 is 2.07 bits per heavy atom. The topological polar surface area (TPSA) is 46.5 Å². The summed E-state index contributed by atoms with van der Waals surface area (Å²) in [6, 6.07) is 0. The van der Waals surface area contributed by atoms with Crippen molar-refractivity contribution in [1.29, 1.82) is 0 Å². The predicted molar refractivity (Wildman–Crippen MR) is 58.8 cm³/mol. The monoisotopic (exact) mass is 214 g/mol. The molecule has 1 aliphatic rings. The molecule has 0 heterocycles. The van der Waals surface area contributed by atoms with E-state index in [9.17, 15) is 4.79 Å². The number of aliphatic carboxylic acids is 1. The highest BCUT2D eigenvalue weighted by atomic mass is 16.5. The molecule has 0 aromatic carbocycles. The first-order valence-corrected chi connectivity index (χ1v) is 5.92. The van der Waals surface area contributed by atoms with Crippen molar-refractivity contribution < 1.29 is 14.6 Å². The highest BCUT2D eigenvalue weighted by Gasteiger charge is 2.28. The van der Waals surface area contributed by atoms with Crippen LogP contribution in [0.3, 0.4) is 0 Å². The van der Waals surface area contributed by atoms with E-state index < -0.39 is 12.1 Å². The molecule has 0 aromatic heterocycles. The number of carbonyl (C=O) groups is 1. The third-order valence-corrected chi connectivity index (χ3v) is 3.55. The summed E-state index contributed by atoms with van der Waals surface area (Å²) in [5.41, 5.74) is 0. The van der Waals surface area contributed by atoms with Gasteiger partial charge in [-0.25, -0.2) is 4.79 Å². The molecule has 0 spiro atoms. The number of hydrogen-bond acceptors (Lipinski definition) is 2. The summed E-state index contributed by atoms with van der Waals surface area (Å²) in [4.78, 5) is 10.8. The predicted octanol–water partition coefficient (Wildman–Crippen LogP) is 2.69. The molecule has 1 saturated carbocycles. The summed E-state index contributed by atoms with van der Waals surface area (Å²) < 4.78 is 5.62. The van der Waals surface area contributed by atoms with Gasteiger partial charge in [0.05, 0.1) is 6.10 Å². The van der Waals surface area contributed by atoms with Crippen LogP contribution in [0.15, 0.2) is 0 Å². The minimum Gasteiger partial charge on any atom is -0.479 e. The molecule has 3 heteroatoms. The number of carboxylic acids is 1. The van der Waals surface area contributed by atoms with E-state index in [2.05, 4.69) is 13.8 Å². The van der Waals surface area contributed by atoms with E-state index in [4.69, 9.17) is 9.84 Å². The van der Waals surface area contributed by atoms with Crippen LogP contribution in [-0.2, 0) is 9.53 Å². The Morgan fingerprint density at radius 1 is 1.40 bits per heavy atom. The molecule has 0 saturated heterocycles. The highest BCUT2D eigenvalue weighted by molar-refractivity contribution is 5.72. The lowest BCUT2D eigenvalue weighted by molar-refractivity contribution is -0.156. The quantitative estimate of drug-likeness (QED) is 0.782. The van der Waals surface area contributed by atoms with Crippen molar-refractivity contribution in [2.75, 3.05) is 0 Å². The van der Waals surface area contributed by atoms with Gasteiger partial charge < -0.3 is 9.84 Å². The third kappa shape index (κ3) is 3.49. The van der Waals surface area contributed by atoms with Gasteiger partial charge in [-0.2, -0.15) is 0 Å². The van der Waals surface area contributed by atoms with E-state index in [-0.39, 0.29) is 6.10 Å². The Labute approximate surface area is 91.8 Å². The van der Waals surface area contributed by atoms with Gasteiger partial charge in [0.2, 0.25) is 0 Å². The first-order chi connectivity index (χ1) is 7.04. The van der Waals surface area contributed by atoms with Gasteiger partial charge in [0.1, 0.15) is 0 Å². The van der Waals surface area contributed by atoms with Crippen LogP contribution in [0.25, 0.3) is 0 Å². The van der Waals surface area contributed by atoms with Crippen LogP contribution in [0.2, 0.25) is 0 Å². The molecular weight excluding hydrogens is 192 g/mol. The second kappa shape index (κ2) is 5.50. The lowest BCUT2D eigenvalue weighted by Crippen LogP contribution is -2.33. The maximum atomic E-state index is 10.8. The summed E-state index contributed by atoms with van der Waals surface area (Å²) in [6.45, 7) is 6.34. The Balaban J connectivity index is 2.42. The molecule has 3 nitrogen and oxygen atoms in total. The standard InChI is InChI=1S/C12H22O3/c1-4-11(12(13)14)15-10-6-5-8(2)9(3)7-10/h8-11H,4-7H2,1-3H3,(H,13,14). The van der Waals surface area contributed by atoms with Crippen LogP contribution in [0, 0.1) is 11.8 Å². The normalized spacial score (nSPS) is 33.7. The summed E-state index contributed by atoms with van der Waals surface area (Å²) in [5.74, 6) is 0.564. The van der Waals surface area contributed by atoms with Crippen LogP contribution in [0.1, 0.15) is 46.5 Å². The summed E-state index contributed by atoms with van der Waals surface area (Å²) in [5, 5.41) is 8.90. The van der Waals surface area contributed by atoms with E-state index in [0.29, 0.717) is 12.3 Å². The van der Waals surface area contributed by atoms with Crippen molar-refractivity contribution in [2.24, 2.45) is 11.8 Å². The molecule has 0 bridgehead atoms. The molecule has 1 fully saturated rings. The first-order valence-electron chi connectivity index (χ1n) is 5.92. The van der Waals surface area contributed by atoms with Gasteiger partial charge in [0.15, 0.2) is 6.10 Å². The minimum absolute atomic E-state index is 0.150. The summed E-state index contributed by atoms with van der Waals surface area (Å²) in [6.07, 6.45) is 3.26.